The Bertz CT molecular complexity index is 1420. The Hall–Kier alpha value is -4.49. The third kappa shape index (κ3) is 6.07. The predicted octanol–water partition coefficient (Wildman–Crippen LogP) is 4.91. The van der Waals surface area contributed by atoms with Crippen molar-refractivity contribution in [2.24, 2.45) is 0 Å². The zero-order valence-corrected chi connectivity index (χ0v) is 21.3. The number of carbonyl (C=O) groups excluding carboxylic acids is 2. The molecule has 0 spiro atoms. The molecule has 1 saturated heterocycles. The van der Waals surface area contributed by atoms with Gasteiger partial charge in [-0.25, -0.2) is 4.68 Å². The number of aryl methyl sites for hydroxylation is 1. The quantitative estimate of drug-likeness (QED) is 0.333. The lowest BCUT2D eigenvalue weighted by molar-refractivity contribution is -0.118. The molecule has 1 aromatic heterocycles. The second-order valence-electron chi connectivity index (χ2n) is 9.30. The first-order valence-corrected chi connectivity index (χ1v) is 12.8. The lowest BCUT2D eigenvalue weighted by Gasteiger charge is -2.14. The van der Waals surface area contributed by atoms with Crippen LogP contribution in [0.2, 0.25) is 0 Å². The van der Waals surface area contributed by atoms with Gasteiger partial charge in [-0.1, -0.05) is 66.2 Å². The molecule has 1 unspecified atom stereocenters. The summed E-state index contributed by atoms with van der Waals surface area (Å²) in [6.45, 7) is 3.04. The molecule has 1 aliphatic rings. The smallest absolute Gasteiger partial charge is 0.267 e. The summed E-state index contributed by atoms with van der Waals surface area (Å²) in [5.74, 6) is -0.743. The Morgan fingerprint density at radius 3 is 2.39 bits per heavy atom. The van der Waals surface area contributed by atoms with E-state index in [4.69, 9.17) is 9.84 Å². The van der Waals surface area contributed by atoms with Gasteiger partial charge in [-0.3, -0.25) is 9.59 Å². The largest absolute Gasteiger partial charge is 0.376 e. The molecule has 0 bridgehead atoms. The lowest BCUT2D eigenvalue weighted by Crippen LogP contribution is -2.38. The highest BCUT2D eigenvalue weighted by Crippen LogP contribution is 2.25. The molecule has 2 heterocycles. The van der Waals surface area contributed by atoms with E-state index in [0.717, 1.165) is 29.7 Å². The molecule has 0 saturated carbocycles. The summed E-state index contributed by atoms with van der Waals surface area (Å²) < 4.78 is 7.43. The molecule has 5 rings (SSSR count). The van der Waals surface area contributed by atoms with Crippen molar-refractivity contribution in [3.05, 3.63) is 114 Å². The van der Waals surface area contributed by atoms with Crippen LogP contribution in [0.25, 0.3) is 23.0 Å². The fourth-order valence-electron chi connectivity index (χ4n) is 4.35. The second-order valence-corrected chi connectivity index (χ2v) is 9.30. The van der Waals surface area contributed by atoms with Crippen LogP contribution in [-0.4, -0.2) is 40.9 Å². The zero-order chi connectivity index (χ0) is 26.3. The highest BCUT2D eigenvalue weighted by Gasteiger charge is 2.21. The molecule has 1 atom stereocenters. The number of rotatable bonds is 8. The molecule has 1 fully saturated rings. The maximum Gasteiger partial charge on any atom is 0.267 e. The first-order valence-electron chi connectivity index (χ1n) is 12.8. The van der Waals surface area contributed by atoms with Crippen molar-refractivity contribution >= 4 is 17.9 Å². The number of ether oxygens (including phenoxy) is 1. The number of hydrogen-bond donors (Lipinski definition) is 2. The third-order valence-corrected chi connectivity index (χ3v) is 6.43. The van der Waals surface area contributed by atoms with E-state index in [9.17, 15) is 9.59 Å². The molecule has 38 heavy (non-hydrogen) atoms. The van der Waals surface area contributed by atoms with E-state index in [0.29, 0.717) is 30.0 Å². The van der Waals surface area contributed by atoms with Crippen molar-refractivity contribution < 1.29 is 14.3 Å². The summed E-state index contributed by atoms with van der Waals surface area (Å²) in [4.78, 5) is 26.5. The molecule has 4 aromatic rings. The van der Waals surface area contributed by atoms with Gasteiger partial charge in [-0.15, -0.1) is 0 Å². The summed E-state index contributed by atoms with van der Waals surface area (Å²) in [6.07, 6.45) is 5.41. The van der Waals surface area contributed by atoms with Gasteiger partial charge in [0, 0.05) is 36.0 Å². The average Bonchev–Trinajstić information content (AvgIpc) is 3.63. The molecule has 7 heteroatoms. The van der Waals surface area contributed by atoms with Crippen LogP contribution in [-0.2, 0) is 9.53 Å². The van der Waals surface area contributed by atoms with Gasteiger partial charge < -0.3 is 15.4 Å². The van der Waals surface area contributed by atoms with Gasteiger partial charge in [0.25, 0.3) is 11.8 Å². The normalized spacial score (nSPS) is 15.3. The average molecular weight is 507 g/mol. The summed E-state index contributed by atoms with van der Waals surface area (Å²) in [5, 5.41) is 10.6. The lowest BCUT2D eigenvalue weighted by atomic mass is 10.1. The first-order chi connectivity index (χ1) is 18.6. The number of para-hydroxylation sites is 1. The fourth-order valence-corrected chi connectivity index (χ4v) is 4.35. The van der Waals surface area contributed by atoms with Crippen LogP contribution in [0.4, 0.5) is 0 Å². The van der Waals surface area contributed by atoms with E-state index in [2.05, 4.69) is 10.6 Å². The van der Waals surface area contributed by atoms with E-state index in [1.54, 1.807) is 22.9 Å². The molecule has 3 aromatic carbocycles. The number of aromatic nitrogens is 2. The zero-order valence-electron chi connectivity index (χ0n) is 21.3. The Morgan fingerprint density at radius 2 is 1.71 bits per heavy atom. The van der Waals surface area contributed by atoms with E-state index in [1.165, 1.54) is 0 Å². The fraction of sp³-hybridized carbons (Fsp3) is 0.194. The molecule has 2 N–H and O–H groups in total. The van der Waals surface area contributed by atoms with Gasteiger partial charge in [-0.2, -0.15) is 5.10 Å². The van der Waals surface area contributed by atoms with Crippen molar-refractivity contribution in [2.45, 2.75) is 25.9 Å². The standard InChI is InChI=1S/C31H30N4O3/c1-22-14-16-24(17-15-22)30(36)33-28(31(37)32-20-27-13-8-18-38-27)19-25-21-35(26-11-6-3-7-12-26)34-29(25)23-9-4-2-5-10-23/h2-7,9-12,14-17,19,21,27H,8,13,18,20H2,1H3,(H,32,37)(H,33,36). The molecule has 0 radical (unpaired) electrons. The Morgan fingerprint density at radius 1 is 1.00 bits per heavy atom. The van der Waals surface area contributed by atoms with Crippen LogP contribution in [0.5, 0.6) is 0 Å². The maximum atomic E-state index is 13.4. The van der Waals surface area contributed by atoms with Crippen molar-refractivity contribution in [1.82, 2.24) is 20.4 Å². The molecule has 7 nitrogen and oxygen atoms in total. The Balaban J connectivity index is 1.52. The number of nitrogens with one attached hydrogen (secondary N) is 2. The number of benzene rings is 3. The van der Waals surface area contributed by atoms with Gasteiger partial charge in [0.1, 0.15) is 11.4 Å². The first kappa shape index (κ1) is 25.2. The van der Waals surface area contributed by atoms with Crippen LogP contribution < -0.4 is 10.6 Å². The molecule has 0 aliphatic carbocycles. The Labute approximate surface area is 222 Å². The molecular formula is C31H30N4O3. The summed E-state index contributed by atoms with van der Waals surface area (Å²) in [7, 11) is 0. The Kier molecular flexibility index (Phi) is 7.75. The van der Waals surface area contributed by atoms with Crippen LogP contribution in [0.1, 0.15) is 34.3 Å². The van der Waals surface area contributed by atoms with Crippen LogP contribution in [0.15, 0.2) is 96.8 Å². The maximum absolute atomic E-state index is 13.4. The van der Waals surface area contributed by atoms with E-state index in [-0.39, 0.29) is 23.6 Å². The van der Waals surface area contributed by atoms with Crippen LogP contribution in [0.3, 0.4) is 0 Å². The van der Waals surface area contributed by atoms with Gasteiger partial charge >= 0.3 is 0 Å². The molecule has 192 valence electrons. The van der Waals surface area contributed by atoms with Crippen molar-refractivity contribution in [3.8, 4) is 16.9 Å². The number of nitrogens with zero attached hydrogens (tertiary/aromatic N) is 2. The van der Waals surface area contributed by atoms with E-state index in [1.807, 2.05) is 85.9 Å². The van der Waals surface area contributed by atoms with Crippen molar-refractivity contribution in [3.63, 3.8) is 0 Å². The topological polar surface area (TPSA) is 85.2 Å². The van der Waals surface area contributed by atoms with Gasteiger partial charge in [0.05, 0.1) is 11.8 Å². The number of hydrogen-bond acceptors (Lipinski definition) is 4. The van der Waals surface area contributed by atoms with Crippen LogP contribution >= 0.6 is 0 Å². The molecule has 2 amide bonds. The van der Waals surface area contributed by atoms with Crippen LogP contribution in [0, 0.1) is 6.92 Å². The predicted molar refractivity (Wildman–Crippen MR) is 148 cm³/mol. The second kappa shape index (κ2) is 11.7. The molecular weight excluding hydrogens is 476 g/mol. The van der Waals surface area contributed by atoms with Gasteiger partial charge in [0.2, 0.25) is 0 Å². The van der Waals surface area contributed by atoms with Crippen molar-refractivity contribution in [1.29, 1.82) is 0 Å². The number of carbonyl (C=O) groups is 2. The summed E-state index contributed by atoms with van der Waals surface area (Å²) in [6, 6.07) is 26.8. The third-order valence-electron chi connectivity index (χ3n) is 6.43. The van der Waals surface area contributed by atoms with Gasteiger partial charge in [-0.05, 0) is 50.1 Å². The van der Waals surface area contributed by atoms with E-state index < -0.39 is 0 Å². The van der Waals surface area contributed by atoms with Gasteiger partial charge in [0.15, 0.2) is 0 Å². The highest BCUT2D eigenvalue weighted by molar-refractivity contribution is 6.05. The monoisotopic (exact) mass is 506 g/mol. The minimum Gasteiger partial charge on any atom is -0.376 e. The minimum atomic E-state index is -0.382. The SMILES string of the molecule is Cc1ccc(C(=O)NC(=Cc2cn(-c3ccccc3)nc2-c2ccccc2)C(=O)NCC2CCCO2)cc1. The summed E-state index contributed by atoms with van der Waals surface area (Å²) >= 11 is 0. The number of amides is 2. The molecule has 1 aliphatic heterocycles. The highest BCUT2D eigenvalue weighted by atomic mass is 16.5. The summed E-state index contributed by atoms with van der Waals surface area (Å²) in [5.41, 5.74) is 4.84. The van der Waals surface area contributed by atoms with Crippen molar-refractivity contribution in [2.75, 3.05) is 13.2 Å². The minimum absolute atomic E-state index is 0.0197. The van der Waals surface area contributed by atoms with E-state index >= 15 is 0 Å².